The lowest BCUT2D eigenvalue weighted by molar-refractivity contribution is -0.384. The Morgan fingerprint density at radius 3 is 2.21 bits per heavy atom. The predicted molar refractivity (Wildman–Crippen MR) is 122 cm³/mol. The Labute approximate surface area is 197 Å². The first-order chi connectivity index (χ1) is 15.7. The highest BCUT2D eigenvalue weighted by Crippen LogP contribution is 2.40. The van der Waals surface area contributed by atoms with Crippen LogP contribution >= 0.6 is 15.9 Å². The SMILES string of the molecule is O=C(O)CCCCCN1C(=O)C(=O)C(=C(O)c2ccc([N+](=O)[O-])cc2)[C@@H]1c1ccc(Br)cc1. The molecular weight excluding hydrogens is 496 g/mol. The van der Waals surface area contributed by atoms with E-state index < -0.39 is 34.4 Å². The van der Waals surface area contributed by atoms with Crippen molar-refractivity contribution >= 4 is 45.0 Å². The van der Waals surface area contributed by atoms with Gasteiger partial charge in [-0.3, -0.25) is 24.5 Å². The van der Waals surface area contributed by atoms with Crippen LogP contribution in [0.3, 0.4) is 0 Å². The monoisotopic (exact) mass is 516 g/mol. The van der Waals surface area contributed by atoms with Crippen LogP contribution in [0.15, 0.2) is 58.6 Å². The van der Waals surface area contributed by atoms with Gasteiger partial charge in [0, 0.05) is 35.1 Å². The minimum Gasteiger partial charge on any atom is -0.507 e. The number of aliphatic carboxylic acids is 1. The number of hydrogen-bond acceptors (Lipinski definition) is 6. The summed E-state index contributed by atoms with van der Waals surface area (Å²) in [5, 5.41) is 30.6. The van der Waals surface area contributed by atoms with E-state index >= 15 is 0 Å². The lowest BCUT2D eigenvalue weighted by Crippen LogP contribution is -2.30. The van der Waals surface area contributed by atoms with E-state index in [0.29, 0.717) is 24.8 Å². The number of unbranched alkanes of at least 4 members (excludes halogenated alkanes) is 2. The molecule has 9 nitrogen and oxygen atoms in total. The van der Waals surface area contributed by atoms with Crippen molar-refractivity contribution in [2.45, 2.75) is 31.7 Å². The maximum Gasteiger partial charge on any atom is 0.303 e. The van der Waals surface area contributed by atoms with E-state index in [0.717, 1.165) is 4.47 Å². The average molecular weight is 517 g/mol. The van der Waals surface area contributed by atoms with Crippen LogP contribution in [0, 0.1) is 10.1 Å². The Morgan fingerprint density at radius 2 is 1.64 bits per heavy atom. The third kappa shape index (κ3) is 5.46. The lowest BCUT2D eigenvalue weighted by atomic mass is 9.95. The smallest absolute Gasteiger partial charge is 0.303 e. The number of aliphatic hydroxyl groups is 1. The summed E-state index contributed by atoms with van der Waals surface area (Å²) in [5.41, 5.74) is 0.535. The van der Waals surface area contributed by atoms with Crippen LogP contribution in [0.5, 0.6) is 0 Å². The molecule has 0 aromatic heterocycles. The molecule has 1 fully saturated rings. The molecule has 1 atom stereocenters. The zero-order valence-electron chi connectivity index (χ0n) is 17.4. The van der Waals surface area contributed by atoms with Crippen molar-refractivity contribution in [1.29, 1.82) is 0 Å². The number of carbonyl (C=O) groups is 3. The second kappa shape index (κ2) is 10.4. The number of halogens is 1. The summed E-state index contributed by atoms with van der Waals surface area (Å²) in [6.07, 6.45) is 1.52. The molecule has 0 aliphatic carbocycles. The minimum atomic E-state index is -0.895. The number of Topliss-reactive ketones (excluding diaryl/α,β-unsaturated/α-hetero) is 1. The van der Waals surface area contributed by atoms with E-state index in [4.69, 9.17) is 5.11 Å². The molecule has 1 amide bonds. The number of carboxylic acids is 1. The molecule has 172 valence electrons. The molecule has 0 spiro atoms. The van der Waals surface area contributed by atoms with Crippen molar-refractivity contribution in [3.63, 3.8) is 0 Å². The van der Waals surface area contributed by atoms with E-state index in [9.17, 15) is 29.6 Å². The van der Waals surface area contributed by atoms with Crippen molar-refractivity contribution in [3.05, 3.63) is 79.8 Å². The van der Waals surface area contributed by atoms with Crippen LogP contribution in [0.4, 0.5) is 5.69 Å². The van der Waals surface area contributed by atoms with Crippen LogP contribution in [0.25, 0.3) is 5.76 Å². The first-order valence-corrected chi connectivity index (χ1v) is 11.0. The number of amides is 1. The van der Waals surface area contributed by atoms with Crippen molar-refractivity contribution < 1.29 is 29.5 Å². The van der Waals surface area contributed by atoms with E-state index in [1.54, 1.807) is 24.3 Å². The van der Waals surface area contributed by atoms with Gasteiger partial charge in [-0.2, -0.15) is 0 Å². The number of non-ortho nitro benzene ring substituents is 1. The van der Waals surface area contributed by atoms with E-state index in [1.165, 1.54) is 29.2 Å². The van der Waals surface area contributed by atoms with Crippen molar-refractivity contribution in [2.24, 2.45) is 0 Å². The molecule has 2 aromatic rings. The summed E-state index contributed by atoms with van der Waals surface area (Å²) in [5.74, 6) is -2.91. The minimum absolute atomic E-state index is 0.0229. The molecule has 0 bridgehead atoms. The standard InChI is InChI=1S/C23H21BrN2O7/c24-16-9-5-14(6-10-16)20-19(21(29)15-7-11-17(12-8-15)26(32)33)22(30)23(31)25(20)13-3-1-2-4-18(27)28/h5-12,20,29H,1-4,13H2,(H,27,28)/t20-/m0/s1. The summed E-state index contributed by atoms with van der Waals surface area (Å²) >= 11 is 3.35. The number of ketones is 1. The number of aliphatic hydroxyl groups excluding tert-OH is 1. The molecule has 2 N–H and O–H groups in total. The van der Waals surface area contributed by atoms with Crippen LogP contribution < -0.4 is 0 Å². The molecule has 1 aliphatic heterocycles. The van der Waals surface area contributed by atoms with Crippen LogP contribution in [0.2, 0.25) is 0 Å². The van der Waals surface area contributed by atoms with Gasteiger partial charge in [0.2, 0.25) is 0 Å². The van der Waals surface area contributed by atoms with Gasteiger partial charge < -0.3 is 15.1 Å². The number of rotatable bonds is 9. The lowest BCUT2D eigenvalue weighted by Gasteiger charge is -2.25. The number of nitro groups is 1. The third-order valence-electron chi connectivity index (χ3n) is 5.37. The Hall–Kier alpha value is -3.53. The number of nitrogens with zero attached hydrogens (tertiary/aromatic N) is 2. The van der Waals surface area contributed by atoms with Crippen molar-refractivity contribution in [1.82, 2.24) is 4.90 Å². The quantitative estimate of drug-likeness (QED) is 0.125. The van der Waals surface area contributed by atoms with Gasteiger partial charge in [-0.05, 0) is 42.7 Å². The van der Waals surface area contributed by atoms with Gasteiger partial charge in [-0.1, -0.05) is 34.5 Å². The number of likely N-dealkylation sites (tertiary alicyclic amines) is 1. The van der Waals surface area contributed by atoms with E-state index in [-0.39, 0.29) is 29.8 Å². The van der Waals surface area contributed by atoms with Gasteiger partial charge in [0.25, 0.3) is 17.4 Å². The van der Waals surface area contributed by atoms with Crippen LogP contribution in [-0.2, 0) is 14.4 Å². The molecule has 1 heterocycles. The maximum absolute atomic E-state index is 12.9. The molecule has 0 unspecified atom stereocenters. The highest BCUT2D eigenvalue weighted by atomic mass is 79.9. The molecular formula is C23H21BrN2O7. The van der Waals surface area contributed by atoms with Gasteiger partial charge in [-0.25, -0.2) is 0 Å². The van der Waals surface area contributed by atoms with Gasteiger partial charge in [0.15, 0.2) is 0 Å². The molecule has 3 rings (SSSR count). The van der Waals surface area contributed by atoms with E-state index in [1.807, 2.05) is 0 Å². The molecule has 2 aromatic carbocycles. The second-order valence-corrected chi connectivity index (χ2v) is 8.47. The Morgan fingerprint density at radius 1 is 1.00 bits per heavy atom. The Kier molecular flexibility index (Phi) is 7.59. The summed E-state index contributed by atoms with van der Waals surface area (Å²) in [6.45, 7) is 0.210. The topological polar surface area (TPSA) is 138 Å². The Bertz CT molecular complexity index is 1110. The average Bonchev–Trinajstić information content (AvgIpc) is 3.03. The fourth-order valence-electron chi connectivity index (χ4n) is 3.73. The maximum atomic E-state index is 12.9. The number of nitro benzene ring substituents is 1. The summed E-state index contributed by atoms with van der Waals surface area (Å²) in [4.78, 5) is 48.2. The molecule has 0 radical (unpaired) electrons. The normalized spacial score (nSPS) is 17.4. The van der Waals surface area contributed by atoms with E-state index in [2.05, 4.69) is 15.9 Å². The zero-order valence-corrected chi connectivity index (χ0v) is 19.0. The fraction of sp³-hybridized carbons (Fsp3) is 0.261. The highest BCUT2D eigenvalue weighted by Gasteiger charge is 2.45. The van der Waals surface area contributed by atoms with Crippen molar-refractivity contribution in [2.75, 3.05) is 6.54 Å². The fourth-order valence-corrected chi connectivity index (χ4v) is 4.00. The van der Waals surface area contributed by atoms with Crippen molar-refractivity contribution in [3.8, 4) is 0 Å². The first-order valence-electron chi connectivity index (χ1n) is 10.2. The van der Waals surface area contributed by atoms with Gasteiger partial charge >= 0.3 is 5.97 Å². The van der Waals surface area contributed by atoms with Gasteiger partial charge in [0.05, 0.1) is 16.5 Å². The molecule has 1 aliphatic rings. The van der Waals surface area contributed by atoms with Crippen LogP contribution in [0.1, 0.15) is 42.9 Å². The molecule has 0 saturated carbocycles. The largest absolute Gasteiger partial charge is 0.507 e. The summed E-state index contributed by atoms with van der Waals surface area (Å²) in [7, 11) is 0. The second-order valence-electron chi connectivity index (χ2n) is 7.55. The number of carboxylic acid groups (broad SMARTS) is 1. The first kappa shape index (κ1) is 24.1. The Balaban J connectivity index is 1.97. The third-order valence-corrected chi connectivity index (χ3v) is 5.90. The van der Waals surface area contributed by atoms with Gasteiger partial charge in [0.1, 0.15) is 5.76 Å². The zero-order chi connectivity index (χ0) is 24.1. The number of benzene rings is 2. The summed E-state index contributed by atoms with van der Waals surface area (Å²) in [6, 6.07) is 11.2. The van der Waals surface area contributed by atoms with Crippen LogP contribution in [-0.4, -0.2) is 44.2 Å². The summed E-state index contributed by atoms with van der Waals surface area (Å²) < 4.78 is 0.798. The molecule has 33 heavy (non-hydrogen) atoms. The number of hydrogen-bond donors (Lipinski definition) is 2. The van der Waals surface area contributed by atoms with Gasteiger partial charge in [-0.15, -0.1) is 0 Å². The highest BCUT2D eigenvalue weighted by molar-refractivity contribution is 9.10. The molecule has 1 saturated heterocycles. The predicted octanol–water partition coefficient (Wildman–Crippen LogP) is 4.42. The number of carbonyl (C=O) groups excluding carboxylic acids is 2. The molecule has 10 heteroatoms.